The number of nitrogens with zero attached hydrogens (tertiary/aromatic N) is 3. The van der Waals surface area contributed by atoms with Crippen molar-refractivity contribution in [1.29, 1.82) is 0 Å². The molecule has 112 valence electrons. The number of imidazole rings is 1. The minimum atomic E-state index is 0.630. The third-order valence-corrected chi connectivity index (χ3v) is 4.70. The molecule has 0 radical (unpaired) electrons. The Morgan fingerprint density at radius 2 is 2.00 bits per heavy atom. The Labute approximate surface area is 122 Å². The fraction of sp³-hybridized carbons (Fsp3) is 0.812. The molecule has 1 aromatic rings. The first-order chi connectivity index (χ1) is 9.72. The maximum absolute atomic E-state index is 4.68. The van der Waals surface area contributed by atoms with Gasteiger partial charge in [-0.05, 0) is 39.7 Å². The van der Waals surface area contributed by atoms with E-state index < -0.39 is 0 Å². The van der Waals surface area contributed by atoms with E-state index in [1.54, 1.807) is 0 Å². The molecule has 0 spiro atoms. The summed E-state index contributed by atoms with van der Waals surface area (Å²) in [4.78, 5) is 7.16. The molecule has 1 aromatic heterocycles. The topological polar surface area (TPSA) is 33.1 Å². The van der Waals surface area contributed by atoms with E-state index in [9.17, 15) is 0 Å². The van der Waals surface area contributed by atoms with Crippen LogP contribution in [0.4, 0.5) is 5.95 Å². The highest BCUT2D eigenvalue weighted by Crippen LogP contribution is 2.25. The Kier molecular flexibility index (Phi) is 4.29. The summed E-state index contributed by atoms with van der Waals surface area (Å²) in [5.74, 6) is 1.08. The second kappa shape index (κ2) is 6.17. The van der Waals surface area contributed by atoms with Crippen molar-refractivity contribution in [2.45, 2.75) is 70.5 Å². The minimum absolute atomic E-state index is 0.630. The van der Waals surface area contributed by atoms with Gasteiger partial charge in [0.25, 0.3) is 0 Å². The van der Waals surface area contributed by atoms with Crippen LogP contribution in [0.15, 0.2) is 6.20 Å². The summed E-state index contributed by atoms with van der Waals surface area (Å²) in [7, 11) is 2.25. The normalized spacial score (nSPS) is 20.6. The third-order valence-electron chi connectivity index (χ3n) is 4.70. The molecule has 3 rings (SSSR count). The molecule has 0 bridgehead atoms. The van der Waals surface area contributed by atoms with E-state index >= 15 is 0 Å². The number of anilines is 1. The van der Waals surface area contributed by atoms with Gasteiger partial charge in [-0.15, -0.1) is 0 Å². The summed E-state index contributed by atoms with van der Waals surface area (Å²) in [5.41, 5.74) is 1.12. The van der Waals surface area contributed by atoms with Gasteiger partial charge in [0.1, 0.15) is 0 Å². The monoisotopic (exact) mass is 276 g/mol. The highest BCUT2D eigenvalue weighted by atomic mass is 15.2. The van der Waals surface area contributed by atoms with Crippen LogP contribution >= 0.6 is 0 Å². The molecular weight excluding hydrogens is 248 g/mol. The van der Waals surface area contributed by atoms with Gasteiger partial charge in [-0.1, -0.05) is 19.3 Å². The van der Waals surface area contributed by atoms with E-state index in [4.69, 9.17) is 0 Å². The van der Waals surface area contributed by atoms with Crippen molar-refractivity contribution < 1.29 is 0 Å². The van der Waals surface area contributed by atoms with Gasteiger partial charge in [0.2, 0.25) is 5.95 Å². The summed E-state index contributed by atoms with van der Waals surface area (Å²) in [6.45, 7) is 4.26. The third kappa shape index (κ3) is 3.54. The van der Waals surface area contributed by atoms with E-state index in [0.717, 1.165) is 30.8 Å². The predicted molar refractivity (Wildman–Crippen MR) is 83.1 cm³/mol. The molecule has 0 aliphatic heterocycles. The molecule has 1 heterocycles. The van der Waals surface area contributed by atoms with E-state index in [-0.39, 0.29) is 0 Å². The molecule has 0 atom stereocenters. The number of hydrogen-bond acceptors (Lipinski definition) is 3. The highest BCUT2D eigenvalue weighted by molar-refractivity contribution is 5.30. The first-order valence-corrected chi connectivity index (χ1v) is 8.23. The van der Waals surface area contributed by atoms with Crippen molar-refractivity contribution in [2.24, 2.45) is 0 Å². The summed E-state index contributed by atoms with van der Waals surface area (Å²) in [6.07, 6.45) is 11.7. The van der Waals surface area contributed by atoms with E-state index in [1.807, 2.05) is 0 Å². The lowest BCUT2D eigenvalue weighted by molar-refractivity contribution is 0.309. The Morgan fingerprint density at radius 3 is 2.70 bits per heavy atom. The first-order valence-electron chi connectivity index (χ1n) is 8.23. The Balaban J connectivity index is 1.58. The van der Waals surface area contributed by atoms with Crippen molar-refractivity contribution in [3.05, 3.63) is 11.9 Å². The largest absolute Gasteiger partial charge is 0.353 e. The van der Waals surface area contributed by atoms with Crippen molar-refractivity contribution in [2.75, 3.05) is 18.9 Å². The quantitative estimate of drug-likeness (QED) is 0.867. The smallest absolute Gasteiger partial charge is 0.203 e. The number of likely N-dealkylation sites (N-methyl/N-ethyl adjacent to an activating group) is 1. The Morgan fingerprint density at radius 1 is 1.25 bits per heavy atom. The molecule has 2 aliphatic rings. The second-order valence-electron chi connectivity index (χ2n) is 6.59. The first kappa shape index (κ1) is 13.9. The van der Waals surface area contributed by atoms with Crippen LogP contribution in [-0.2, 0) is 6.54 Å². The zero-order valence-corrected chi connectivity index (χ0v) is 12.9. The molecule has 0 amide bonds. The van der Waals surface area contributed by atoms with Crippen molar-refractivity contribution >= 4 is 5.95 Å². The maximum atomic E-state index is 4.68. The average Bonchev–Trinajstić information content (AvgIpc) is 3.23. The molecule has 1 N–H and O–H groups in total. The predicted octanol–water partition coefficient (Wildman–Crippen LogP) is 3.03. The van der Waals surface area contributed by atoms with Gasteiger partial charge in [0.15, 0.2) is 0 Å². The van der Waals surface area contributed by atoms with E-state index in [0.29, 0.717) is 6.04 Å². The van der Waals surface area contributed by atoms with E-state index in [1.165, 1.54) is 44.9 Å². The Bertz CT molecular complexity index is 430. The zero-order chi connectivity index (χ0) is 13.9. The van der Waals surface area contributed by atoms with Gasteiger partial charge in [-0.3, -0.25) is 0 Å². The van der Waals surface area contributed by atoms with Gasteiger partial charge in [0.05, 0.1) is 5.69 Å². The van der Waals surface area contributed by atoms with Crippen LogP contribution in [0.3, 0.4) is 0 Å². The summed E-state index contributed by atoms with van der Waals surface area (Å²) >= 11 is 0. The number of rotatable bonds is 6. The Hall–Kier alpha value is -1.03. The van der Waals surface area contributed by atoms with Gasteiger partial charge in [-0.25, -0.2) is 4.98 Å². The number of aromatic nitrogens is 2. The van der Waals surface area contributed by atoms with Crippen LogP contribution < -0.4 is 5.32 Å². The SMILES string of the molecule is Cc1cn(CCN(C)C2CC2)c(NC2CCCCC2)n1. The number of aryl methyl sites for hydroxylation is 1. The molecule has 4 nitrogen and oxygen atoms in total. The lowest BCUT2D eigenvalue weighted by atomic mass is 9.96. The van der Waals surface area contributed by atoms with Crippen molar-refractivity contribution in [3.63, 3.8) is 0 Å². The molecule has 2 fully saturated rings. The zero-order valence-electron chi connectivity index (χ0n) is 12.9. The number of hydrogen-bond donors (Lipinski definition) is 1. The lowest BCUT2D eigenvalue weighted by Gasteiger charge is -2.24. The van der Waals surface area contributed by atoms with Crippen LogP contribution in [0.25, 0.3) is 0 Å². The lowest BCUT2D eigenvalue weighted by Crippen LogP contribution is -2.27. The van der Waals surface area contributed by atoms with Crippen LogP contribution in [-0.4, -0.2) is 40.1 Å². The molecule has 0 saturated heterocycles. The molecule has 0 aromatic carbocycles. The van der Waals surface area contributed by atoms with Crippen molar-refractivity contribution in [3.8, 4) is 0 Å². The van der Waals surface area contributed by atoms with Crippen LogP contribution in [0, 0.1) is 6.92 Å². The fourth-order valence-corrected chi connectivity index (χ4v) is 3.23. The average molecular weight is 276 g/mol. The minimum Gasteiger partial charge on any atom is -0.353 e. The fourth-order valence-electron chi connectivity index (χ4n) is 3.23. The molecule has 4 heteroatoms. The van der Waals surface area contributed by atoms with Gasteiger partial charge >= 0.3 is 0 Å². The van der Waals surface area contributed by atoms with Crippen molar-refractivity contribution in [1.82, 2.24) is 14.5 Å². The maximum Gasteiger partial charge on any atom is 0.203 e. The summed E-state index contributed by atoms with van der Waals surface area (Å²) in [5, 5.41) is 3.67. The van der Waals surface area contributed by atoms with Crippen LogP contribution in [0.5, 0.6) is 0 Å². The standard InChI is InChI=1S/C16H28N4/c1-13-12-20(11-10-19(2)15-8-9-15)16(17-13)18-14-6-4-3-5-7-14/h12,14-15H,3-11H2,1-2H3,(H,17,18). The molecule has 2 saturated carbocycles. The molecule has 20 heavy (non-hydrogen) atoms. The number of nitrogens with one attached hydrogen (secondary N) is 1. The molecule has 0 unspecified atom stereocenters. The van der Waals surface area contributed by atoms with Gasteiger partial charge in [0, 0.05) is 31.4 Å². The van der Waals surface area contributed by atoms with Crippen LogP contribution in [0.2, 0.25) is 0 Å². The molecule has 2 aliphatic carbocycles. The summed E-state index contributed by atoms with van der Waals surface area (Å²) in [6, 6.07) is 1.47. The van der Waals surface area contributed by atoms with Crippen LogP contribution in [0.1, 0.15) is 50.6 Å². The van der Waals surface area contributed by atoms with Gasteiger partial charge in [-0.2, -0.15) is 0 Å². The highest BCUT2D eigenvalue weighted by Gasteiger charge is 2.25. The van der Waals surface area contributed by atoms with Gasteiger partial charge < -0.3 is 14.8 Å². The molecular formula is C16H28N4. The second-order valence-corrected chi connectivity index (χ2v) is 6.59. The summed E-state index contributed by atoms with van der Waals surface area (Å²) < 4.78 is 2.31. The van der Waals surface area contributed by atoms with E-state index in [2.05, 4.69) is 39.9 Å².